The first-order chi connectivity index (χ1) is 11.2. The third-order valence-electron chi connectivity index (χ3n) is 3.88. The molecule has 2 heterocycles. The molecule has 1 aliphatic rings. The fraction of sp³-hybridized carbons (Fsp3) is 0.267. The van der Waals surface area contributed by atoms with Crippen LogP contribution in [0, 0.1) is 0 Å². The van der Waals surface area contributed by atoms with Gasteiger partial charge >= 0.3 is 0 Å². The molecule has 1 fully saturated rings. The lowest BCUT2D eigenvalue weighted by molar-refractivity contribution is 0.399. The van der Waals surface area contributed by atoms with Gasteiger partial charge in [-0.3, -0.25) is 4.98 Å². The molecule has 4 rings (SSSR count). The Labute approximate surface area is 138 Å². The van der Waals surface area contributed by atoms with E-state index in [1.54, 1.807) is 34.9 Å². The van der Waals surface area contributed by atoms with Gasteiger partial charge in [0.05, 0.1) is 11.7 Å². The minimum Gasteiger partial charge on any atom is -0.265 e. The highest BCUT2D eigenvalue weighted by molar-refractivity contribution is 7.89. The van der Waals surface area contributed by atoms with Gasteiger partial charge in [0.15, 0.2) is 0 Å². The van der Waals surface area contributed by atoms with E-state index in [4.69, 9.17) is 0 Å². The SMILES string of the molecule is O=S(=O)(c1cccc2nsnc12)N(Cc1ccncc1)C1CC1. The fourth-order valence-corrected chi connectivity index (χ4v) is 4.98. The molecule has 0 radical (unpaired) electrons. The number of aromatic nitrogens is 3. The van der Waals surface area contributed by atoms with E-state index in [-0.39, 0.29) is 10.9 Å². The number of fused-ring (bicyclic) bond motifs is 1. The molecule has 23 heavy (non-hydrogen) atoms. The van der Waals surface area contributed by atoms with Gasteiger partial charge in [-0.15, -0.1) is 0 Å². The van der Waals surface area contributed by atoms with Gasteiger partial charge in [-0.2, -0.15) is 13.1 Å². The highest BCUT2D eigenvalue weighted by Gasteiger charge is 2.39. The molecule has 118 valence electrons. The quantitative estimate of drug-likeness (QED) is 0.709. The van der Waals surface area contributed by atoms with Crippen LogP contribution in [-0.2, 0) is 16.6 Å². The summed E-state index contributed by atoms with van der Waals surface area (Å²) in [6, 6.07) is 8.86. The van der Waals surface area contributed by atoms with Crippen LogP contribution < -0.4 is 0 Å². The highest BCUT2D eigenvalue weighted by Crippen LogP contribution is 2.35. The molecule has 6 nitrogen and oxygen atoms in total. The van der Waals surface area contributed by atoms with Gasteiger partial charge in [0.1, 0.15) is 15.9 Å². The molecule has 3 aromatic rings. The zero-order chi connectivity index (χ0) is 15.9. The van der Waals surface area contributed by atoms with Crippen LogP contribution in [0.5, 0.6) is 0 Å². The predicted molar refractivity (Wildman–Crippen MR) is 87.4 cm³/mol. The summed E-state index contributed by atoms with van der Waals surface area (Å²) in [5, 5.41) is 0. The molecular formula is C15H14N4O2S2. The summed E-state index contributed by atoms with van der Waals surface area (Å²) in [7, 11) is -3.62. The van der Waals surface area contributed by atoms with Crippen LogP contribution in [0.4, 0.5) is 0 Å². The lowest BCUT2D eigenvalue weighted by Crippen LogP contribution is -2.32. The zero-order valence-corrected chi connectivity index (χ0v) is 13.8. The average Bonchev–Trinajstić information content (AvgIpc) is 3.28. The van der Waals surface area contributed by atoms with Crippen molar-refractivity contribution < 1.29 is 8.42 Å². The van der Waals surface area contributed by atoms with Crippen molar-refractivity contribution in [3.8, 4) is 0 Å². The monoisotopic (exact) mass is 346 g/mol. The van der Waals surface area contributed by atoms with E-state index in [0.717, 1.165) is 30.1 Å². The minimum atomic E-state index is -3.62. The number of rotatable bonds is 5. The summed E-state index contributed by atoms with van der Waals surface area (Å²) >= 11 is 1.03. The Morgan fingerprint density at radius 2 is 1.91 bits per heavy atom. The molecule has 8 heteroatoms. The van der Waals surface area contributed by atoms with Crippen molar-refractivity contribution in [1.82, 2.24) is 18.0 Å². The molecule has 0 aliphatic heterocycles. The molecule has 0 saturated heterocycles. The van der Waals surface area contributed by atoms with E-state index in [1.807, 2.05) is 12.1 Å². The Balaban J connectivity index is 1.77. The summed E-state index contributed by atoms with van der Waals surface area (Å²) in [5.41, 5.74) is 2.01. The van der Waals surface area contributed by atoms with E-state index in [9.17, 15) is 8.42 Å². The molecule has 0 atom stereocenters. The fourth-order valence-electron chi connectivity index (χ4n) is 2.56. The minimum absolute atomic E-state index is 0.0648. The van der Waals surface area contributed by atoms with Crippen LogP contribution in [-0.4, -0.2) is 32.5 Å². The number of sulfonamides is 1. The lowest BCUT2D eigenvalue weighted by Gasteiger charge is -2.22. The van der Waals surface area contributed by atoms with Gasteiger partial charge < -0.3 is 0 Å². The van der Waals surface area contributed by atoms with Crippen LogP contribution in [0.1, 0.15) is 18.4 Å². The Morgan fingerprint density at radius 3 is 2.65 bits per heavy atom. The van der Waals surface area contributed by atoms with Gasteiger partial charge in [-0.05, 0) is 42.7 Å². The maximum atomic E-state index is 13.2. The Morgan fingerprint density at radius 1 is 1.13 bits per heavy atom. The van der Waals surface area contributed by atoms with E-state index >= 15 is 0 Å². The van der Waals surface area contributed by atoms with Gasteiger partial charge in [0.2, 0.25) is 10.0 Å². The number of benzene rings is 1. The van der Waals surface area contributed by atoms with Crippen molar-refractivity contribution in [3.05, 3.63) is 48.3 Å². The van der Waals surface area contributed by atoms with E-state index in [2.05, 4.69) is 13.7 Å². The molecular weight excluding hydrogens is 332 g/mol. The standard InChI is InChI=1S/C15H14N4O2S2/c20-23(21,14-3-1-2-13-15(14)18-22-17-13)19(12-4-5-12)10-11-6-8-16-9-7-11/h1-3,6-9,12H,4-5,10H2. The average molecular weight is 346 g/mol. The summed E-state index contributed by atoms with van der Waals surface area (Å²) in [4.78, 5) is 4.22. The van der Waals surface area contributed by atoms with Crippen LogP contribution in [0.15, 0.2) is 47.6 Å². The first kappa shape index (κ1) is 14.7. The first-order valence-corrected chi connectivity index (χ1v) is 9.45. The van der Waals surface area contributed by atoms with Gasteiger partial charge in [0, 0.05) is 25.0 Å². The molecule has 0 unspecified atom stereocenters. The number of pyridine rings is 1. The van der Waals surface area contributed by atoms with Crippen LogP contribution in [0.3, 0.4) is 0 Å². The molecule has 0 spiro atoms. The highest BCUT2D eigenvalue weighted by atomic mass is 32.2. The van der Waals surface area contributed by atoms with Crippen LogP contribution in [0.2, 0.25) is 0 Å². The van der Waals surface area contributed by atoms with Crippen molar-refractivity contribution in [2.24, 2.45) is 0 Å². The maximum Gasteiger partial charge on any atom is 0.245 e. The molecule has 2 aromatic heterocycles. The lowest BCUT2D eigenvalue weighted by atomic mass is 10.3. The van der Waals surface area contributed by atoms with Crippen molar-refractivity contribution in [2.45, 2.75) is 30.3 Å². The predicted octanol–water partition coefficient (Wildman–Crippen LogP) is 2.44. The number of hydrogen-bond donors (Lipinski definition) is 0. The molecule has 1 aliphatic carbocycles. The third kappa shape index (κ3) is 2.73. The largest absolute Gasteiger partial charge is 0.265 e. The Bertz CT molecular complexity index is 936. The maximum absolute atomic E-state index is 13.2. The van der Waals surface area contributed by atoms with Gasteiger partial charge in [0.25, 0.3) is 0 Å². The smallest absolute Gasteiger partial charge is 0.245 e. The van der Waals surface area contributed by atoms with Crippen molar-refractivity contribution in [2.75, 3.05) is 0 Å². The second-order valence-electron chi connectivity index (χ2n) is 5.53. The van der Waals surface area contributed by atoms with Gasteiger partial charge in [-0.25, -0.2) is 8.42 Å². The second-order valence-corrected chi connectivity index (χ2v) is 7.91. The summed E-state index contributed by atoms with van der Waals surface area (Å²) in [5.74, 6) is 0. The van der Waals surface area contributed by atoms with Gasteiger partial charge in [-0.1, -0.05) is 6.07 Å². The van der Waals surface area contributed by atoms with E-state index in [1.165, 1.54) is 0 Å². The third-order valence-corrected chi connectivity index (χ3v) is 6.35. The molecule has 1 aromatic carbocycles. The molecule has 0 N–H and O–H groups in total. The van der Waals surface area contributed by atoms with E-state index in [0.29, 0.717) is 17.6 Å². The van der Waals surface area contributed by atoms with Crippen LogP contribution in [0.25, 0.3) is 11.0 Å². The Hall–Kier alpha value is -1.90. The molecule has 0 amide bonds. The topological polar surface area (TPSA) is 76.1 Å². The van der Waals surface area contributed by atoms with Crippen molar-refractivity contribution in [3.63, 3.8) is 0 Å². The first-order valence-electron chi connectivity index (χ1n) is 7.28. The van der Waals surface area contributed by atoms with Crippen molar-refractivity contribution >= 4 is 32.8 Å². The Kier molecular flexibility index (Phi) is 3.59. The number of hydrogen-bond acceptors (Lipinski definition) is 6. The molecule has 1 saturated carbocycles. The van der Waals surface area contributed by atoms with Crippen LogP contribution >= 0.6 is 11.7 Å². The summed E-state index contributed by atoms with van der Waals surface area (Å²) in [6.07, 6.45) is 5.15. The second kappa shape index (κ2) is 5.63. The number of nitrogens with zero attached hydrogens (tertiary/aromatic N) is 4. The van der Waals surface area contributed by atoms with E-state index < -0.39 is 10.0 Å². The summed E-state index contributed by atoms with van der Waals surface area (Å²) in [6.45, 7) is 0.351. The normalized spacial score (nSPS) is 15.3. The molecule has 0 bridgehead atoms. The van der Waals surface area contributed by atoms with Crippen molar-refractivity contribution in [1.29, 1.82) is 0 Å². The zero-order valence-electron chi connectivity index (χ0n) is 12.2. The summed E-state index contributed by atoms with van der Waals surface area (Å²) < 4.78 is 36.2.